The van der Waals surface area contributed by atoms with Crippen LogP contribution in [0.3, 0.4) is 0 Å². The topological polar surface area (TPSA) is 151 Å². The number of aliphatic hydroxyl groups is 1. The molecule has 1 saturated heterocycles. The predicted molar refractivity (Wildman–Crippen MR) is 158 cm³/mol. The van der Waals surface area contributed by atoms with E-state index in [1.807, 2.05) is 35.2 Å². The molecule has 1 fully saturated rings. The Labute approximate surface area is 245 Å². The Balaban J connectivity index is 1.61. The molecule has 0 aliphatic carbocycles. The van der Waals surface area contributed by atoms with Crippen LogP contribution in [0.15, 0.2) is 54.6 Å². The van der Waals surface area contributed by atoms with Crippen LogP contribution in [0.25, 0.3) is 0 Å². The summed E-state index contributed by atoms with van der Waals surface area (Å²) in [6, 6.07) is 12.7. The molecule has 5 N–H and O–H groups in total. The van der Waals surface area contributed by atoms with Gasteiger partial charge in [0.15, 0.2) is 0 Å². The smallest absolute Gasteiger partial charge is 0.244 e. The van der Waals surface area contributed by atoms with Gasteiger partial charge < -0.3 is 31.0 Å². The summed E-state index contributed by atoms with van der Waals surface area (Å²) >= 11 is 4.23. The third kappa shape index (κ3) is 10.8. The van der Waals surface area contributed by atoms with Gasteiger partial charge in [0.05, 0.1) is 19.2 Å². The molecule has 12 heteroatoms. The number of nitrogens with one attached hydrogen (secondary N) is 3. The van der Waals surface area contributed by atoms with Crippen molar-refractivity contribution in [3.8, 4) is 5.75 Å². The van der Waals surface area contributed by atoms with Crippen LogP contribution < -0.4 is 16.0 Å². The number of β-amino-alcohol motifs (C(OH)–C–C–N with tert-alkyl or cyclic N) is 1. The molecule has 41 heavy (non-hydrogen) atoms. The van der Waals surface area contributed by atoms with Crippen LogP contribution in [0.4, 0.5) is 0 Å². The van der Waals surface area contributed by atoms with Crippen molar-refractivity contribution in [1.82, 2.24) is 25.8 Å². The van der Waals surface area contributed by atoms with Gasteiger partial charge in [-0.15, -0.1) is 0 Å². The van der Waals surface area contributed by atoms with E-state index < -0.39 is 29.9 Å². The van der Waals surface area contributed by atoms with Crippen molar-refractivity contribution in [2.45, 2.75) is 31.0 Å². The van der Waals surface area contributed by atoms with E-state index in [1.54, 1.807) is 12.1 Å². The van der Waals surface area contributed by atoms with Gasteiger partial charge in [-0.3, -0.25) is 24.2 Å². The highest BCUT2D eigenvalue weighted by Crippen LogP contribution is 2.11. The Morgan fingerprint density at radius 1 is 0.829 bits per heavy atom. The fourth-order valence-corrected chi connectivity index (χ4v) is 4.84. The Bertz CT molecular complexity index is 1130. The van der Waals surface area contributed by atoms with E-state index in [9.17, 15) is 24.3 Å². The summed E-state index contributed by atoms with van der Waals surface area (Å²) in [4.78, 5) is 55.1. The standard InChI is InChI=1S/C29H39N5O6S/c35-15-14-33-10-12-34(13-11-33)18-27(38)31-25(17-21-4-2-1-3-5-21)28(39)32-26(20-41)29(40)30-23(19-36)16-22-6-8-24(37)9-7-22/h1-9,19,23,25-26,35,37,41H,10-18,20H2,(H,30,40)(H,31,38)(H,32,39)/t23-,25+,26-/m0/s1. The fraction of sp³-hybridized carbons (Fsp3) is 0.448. The first-order valence-corrected chi connectivity index (χ1v) is 14.3. The lowest BCUT2D eigenvalue weighted by Gasteiger charge is -2.34. The number of thiol groups is 1. The minimum absolute atomic E-state index is 0.0213. The van der Waals surface area contributed by atoms with Crippen molar-refractivity contribution in [2.75, 3.05) is 51.6 Å². The normalized spacial score (nSPS) is 16.2. The number of hydrogen-bond acceptors (Lipinski definition) is 9. The van der Waals surface area contributed by atoms with E-state index in [2.05, 4.69) is 33.5 Å². The Hall–Kier alpha value is -3.45. The van der Waals surface area contributed by atoms with Crippen molar-refractivity contribution < 1.29 is 29.4 Å². The molecule has 0 radical (unpaired) electrons. The molecule has 0 aromatic heterocycles. The molecule has 3 atom stereocenters. The molecule has 1 aliphatic heterocycles. The third-order valence-electron chi connectivity index (χ3n) is 6.88. The number of nitrogens with zero attached hydrogens (tertiary/aromatic N) is 2. The van der Waals surface area contributed by atoms with Crippen LogP contribution in [-0.4, -0.2) is 114 Å². The molecule has 2 aromatic rings. The first-order valence-electron chi connectivity index (χ1n) is 13.6. The number of rotatable bonds is 15. The van der Waals surface area contributed by atoms with Gasteiger partial charge in [-0.2, -0.15) is 12.6 Å². The number of aliphatic hydroxyl groups excluding tert-OH is 1. The zero-order valence-electron chi connectivity index (χ0n) is 22.9. The maximum Gasteiger partial charge on any atom is 0.244 e. The van der Waals surface area contributed by atoms with Crippen molar-refractivity contribution in [3.05, 3.63) is 65.7 Å². The predicted octanol–water partition coefficient (Wildman–Crippen LogP) is -0.630. The lowest BCUT2D eigenvalue weighted by molar-refractivity contribution is -0.132. The van der Waals surface area contributed by atoms with Gasteiger partial charge in [-0.05, 0) is 29.7 Å². The van der Waals surface area contributed by atoms with Gasteiger partial charge in [0.25, 0.3) is 0 Å². The molecule has 1 aliphatic rings. The van der Waals surface area contributed by atoms with Gasteiger partial charge in [0, 0.05) is 44.9 Å². The van der Waals surface area contributed by atoms with Crippen LogP contribution >= 0.6 is 12.6 Å². The number of carbonyl (C=O) groups excluding carboxylic acids is 4. The summed E-state index contributed by atoms with van der Waals surface area (Å²) in [6.45, 7) is 3.66. The Morgan fingerprint density at radius 2 is 1.44 bits per heavy atom. The van der Waals surface area contributed by atoms with Crippen molar-refractivity contribution in [2.24, 2.45) is 0 Å². The molecule has 0 spiro atoms. The Morgan fingerprint density at radius 3 is 2.05 bits per heavy atom. The second kappa shape index (κ2) is 16.7. The van der Waals surface area contributed by atoms with Crippen molar-refractivity contribution in [3.63, 3.8) is 0 Å². The highest BCUT2D eigenvalue weighted by molar-refractivity contribution is 7.80. The molecule has 0 bridgehead atoms. The number of phenolic OH excluding ortho intramolecular Hbond substituents is 1. The molecule has 0 saturated carbocycles. The van der Waals surface area contributed by atoms with Gasteiger partial charge in [-0.1, -0.05) is 42.5 Å². The largest absolute Gasteiger partial charge is 0.508 e. The van der Waals surface area contributed by atoms with Crippen LogP contribution in [0, 0.1) is 0 Å². The average Bonchev–Trinajstić information content (AvgIpc) is 2.97. The second-order valence-corrected chi connectivity index (χ2v) is 10.4. The van der Waals surface area contributed by atoms with E-state index in [1.165, 1.54) is 12.1 Å². The number of phenols is 1. The number of benzene rings is 2. The minimum Gasteiger partial charge on any atom is -0.508 e. The molecular formula is C29H39N5O6S. The molecule has 0 unspecified atom stereocenters. The lowest BCUT2D eigenvalue weighted by Crippen LogP contribution is -2.57. The highest BCUT2D eigenvalue weighted by Gasteiger charge is 2.28. The van der Waals surface area contributed by atoms with E-state index in [0.717, 1.165) is 24.2 Å². The summed E-state index contributed by atoms with van der Waals surface area (Å²) in [5.74, 6) is -1.35. The molecule has 2 aromatic carbocycles. The first-order chi connectivity index (χ1) is 19.8. The van der Waals surface area contributed by atoms with E-state index in [4.69, 9.17) is 5.11 Å². The SMILES string of the molecule is O=C[C@H](Cc1ccc(O)cc1)NC(=O)[C@H](CS)NC(=O)[C@@H](Cc1ccccc1)NC(=O)CN1CCN(CCO)CC1. The van der Waals surface area contributed by atoms with Gasteiger partial charge in [0.2, 0.25) is 17.7 Å². The van der Waals surface area contributed by atoms with Crippen LogP contribution in [0.2, 0.25) is 0 Å². The van der Waals surface area contributed by atoms with E-state index >= 15 is 0 Å². The first kappa shape index (κ1) is 32.1. The van der Waals surface area contributed by atoms with Crippen LogP contribution in [0.5, 0.6) is 5.75 Å². The number of aromatic hydroxyl groups is 1. The number of carbonyl (C=O) groups is 4. The zero-order valence-corrected chi connectivity index (χ0v) is 23.8. The molecule has 3 rings (SSSR count). The van der Waals surface area contributed by atoms with Gasteiger partial charge in [0.1, 0.15) is 24.1 Å². The average molecular weight is 586 g/mol. The summed E-state index contributed by atoms with van der Waals surface area (Å²) in [5, 5.41) is 26.7. The summed E-state index contributed by atoms with van der Waals surface area (Å²) in [6.07, 6.45) is 1.05. The number of aldehydes is 1. The number of amides is 3. The van der Waals surface area contributed by atoms with Crippen molar-refractivity contribution >= 4 is 36.6 Å². The van der Waals surface area contributed by atoms with Gasteiger partial charge in [-0.25, -0.2) is 0 Å². The Kier molecular flexibility index (Phi) is 13.1. The van der Waals surface area contributed by atoms with Gasteiger partial charge >= 0.3 is 0 Å². The van der Waals surface area contributed by atoms with E-state index in [-0.39, 0.29) is 43.4 Å². The lowest BCUT2D eigenvalue weighted by atomic mass is 10.0. The molecule has 1 heterocycles. The maximum atomic E-state index is 13.4. The summed E-state index contributed by atoms with van der Waals surface area (Å²) in [7, 11) is 0. The number of hydrogen-bond donors (Lipinski definition) is 6. The number of piperazine rings is 1. The molecule has 222 valence electrons. The third-order valence-corrected chi connectivity index (χ3v) is 7.25. The summed E-state index contributed by atoms with van der Waals surface area (Å²) < 4.78 is 0. The van der Waals surface area contributed by atoms with Crippen LogP contribution in [-0.2, 0) is 32.0 Å². The van der Waals surface area contributed by atoms with Crippen LogP contribution in [0.1, 0.15) is 11.1 Å². The highest BCUT2D eigenvalue weighted by atomic mass is 32.1. The molecular weight excluding hydrogens is 546 g/mol. The summed E-state index contributed by atoms with van der Waals surface area (Å²) in [5.41, 5.74) is 1.58. The monoisotopic (exact) mass is 585 g/mol. The fourth-order valence-electron chi connectivity index (χ4n) is 4.58. The maximum absolute atomic E-state index is 13.4. The molecule has 3 amide bonds. The zero-order chi connectivity index (χ0) is 29.6. The van der Waals surface area contributed by atoms with E-state index in [0.29, 0.717) is 25.9 Å². The minimum atomic E-state index is -1.04. The molecule has 11 nitrogen and oxygen atoms in total. The quantitative estimate of drug-likeness (QED) is 0.119. The second-order valence-electron chi connectivity index (χ2n) is 10.0. The van der Waals surface area contributed by atoms with Crippen molar-refractivity contribution in [1.29, 1.82) is 0 Å².